The van der Waals surface area contributed by atoms with E-state index >= 15 is 0 Å². The molecule has 0 bridgehead atoms. The summed E-state index contributed by atoms with van der Waals surface area (Å²) >= 11 is 0. The van der Waals surface area contributed by atoms with Crippen molar-refractivity contribution in [3.63, 3.8) is 0 Å². The molecule has 2 fully saturated rings. The Morgan fingerprint density at radius 3 is 2.80 bits per heavy atom. The second-order valence-electron chi connectivity index (χ2n) is 4.15. The van der Waals surface area contributed by atoms with Crippen LogP contribution < -0.4 is 5.32 Å². The molecule has 0 aromatic heterocycles. The van der Waals surface area contributed by atoms with E-state index in [-0.39, 0.29) is 25.1 Å². The first-order chi connectivity index (χ1) is 7.10. The number of imide groups is 1. The molecule has 6 nitrogen and oxygen atoms in total. The molecular formula is C9H15N3O3. The first-order valence-corrected chi connectivity index (χ1v) is 5.02. The molecule has 2 aliphatic heterocycles. The fourth-order valence-electron chi connectivity index (χ4n) is 2.40. The highest BCUT2D eigenvalue weighted by molar-refractivity contribution is 6.07. The average molecular weight is 213 g/mol. The Morgan fingerprint density at radius 1 is 1.53 bits per heavy atom. The summed E-state index contributed by atoms with van der Waals surface area (Å²) < 4.78 is 0. The van der Waals surface area contributed by atoms with Gasteiger partial charge < -0.3 is 14.9 Å². The number of urea groups is 1. The molecule has 2 saturated heterocycles. The van der Waals surface area contributed by atoms with Crippen LogP contribution in [0.2, 0.25) is 0 Å². The fourth-order valence-corrected chi connectivity index (χ4v) is 2.40. The highest BCUT2D eigenvalue weighted by atomic mass is 16.3. The largest absolute Gasteiger partial charge is 0.395 e. The molecule has 0 aliphatic carbocycles. The number of nitrogens with zero attached hydrogens (tertiary/aromatic N) is 2. The van der Waals surface area contributed by atoms with Crippen molar-refractivity contribution in [1.82, 2.24) is 15.1 Å². The SMILES string of the molecule is CN1CCC2(C1)C(=O)NC(=O)N2CCO. The van der Waals surface area contributed by atoms with E-state index < -0.39 is 5.54 Å². The fraction of sp³-hybridized carbons (Fsp3) is 0.778. The molecule has 1 spiro atoms. The first kappa shape index (κ1) is 10.4. The maximum absolute atomic E-state index is 11.8. The Balaban J connectivity index is 2.26. The van der Waals surface area contributed by atoms with Gasteiger partial charge in [-0.2, -0.15) is 0 Å². The number of aliphatic hydroxyl groups is 1. The van der Waals surface area contributed by atoms with Gasteiger partial charge in [-0.1, -0.05) is 0 Å². The summed E-state index contributed by atoms with van der Waals surface area (Å²) in [5, 5.41) is 11.2. The number of aliphatic hydroxyl groups excluding tert-OH is 1. The number of carbonyl (C=O) groups is 2. The van der Waals surface area contributed by atoms with Gasteiger partial charge in [0.25, 0.3) is 5.91 Å². The molecule has 2 rings (SSSR count). The van der Waals surface area contributed by atoms with Crippen molar-refractivity contribution >= 4 is 11.9 Å². The number of likely N-dealkylation sites (tertiary alicyclic amines) is 1. The summed E-state index contributed by atoms with van der Waals surface area (Å²) in [5.41, 5.74) is -0.742. The van der Waals surface area contributed by atoms with Crippen molar-refractivity contribution in [1.29, 1.82) is 0 Å². The van der Waals surface area contributed by atoms with E-state index in [1.807, 2.05) is 11.9 Å². The normalized spacial score (nSPS) is 31.7. The number of amides is 3. The number of β-amino-alcohol motifs (C(OH)–C–C–N with tert-alkyl or cyclic N) is 1. The van der Waals surface area contributed by atoms with Gasteiger partial charge in [0.2, 0.25) is 0 Å². The maximum Gasteiger partial charge on any atom is 0.325 e. The van der Waals surface area contributed by atoms with Crippen LogP contribution in [-0.2, 0) is 4.79 Å². The summed E-state index contributed by atoms with van der Waals surface area (Å²) in [4.78, 5) is 26.7. The highest BCUT2D eigenvalue weighted by Gasteiger charge is 2.55. The topological polar surface area (TPSA) is 72.9 Å². The van der Waals surface area contributed by atoms with E-state index in [1.54, 1.807) is 0 Å². The standard InChI is InChI=1S/C9H15N3O3/c1-11-3-2-9(6-11)7(14)10-8(15)12(9)4-5-13/h13H,2-6H2,1H3,(H,10,14,15). The maximum atomic E-state index is 11.8. The molecule has 0 aromatic carbocycles. The molecule has 3 amide bonds. The van der Waals surface area contributed by atoms with Gasteiger partial charge in [-0.05, 0) is 13.5 Å². The lowest BCUT2D eigenvalue weighted by Gasteiger charge is -2.30. The van der Waals surface area contributed by atoms with E-state index in [0.29, 0.717) is 13.0 Å². The zero-order chi connectivity index (χ0) is 11.1. The first-order valence-electron chi connectivity index (χ1n) is 5.02. The summed E-state index contributed by atoms with van der Waals surface area (Å²) in [6.45, 7) is 1.44. The Hall–Kier alpha value is -1.14. The van der Waals surface area contributed by atoms with Crippen molar-refractivity contribution in [3.05, 3.63) is 0 Å². The van der Waals surface area contributed by atoms with E-state index in [9.17, 15) is 9.59 Å². The second-order valence-corrected chi connectivity index (χ2v) is 4.15. The van der Waals surface area contributed by atoms with Gasteiger partial charge in [0.1, 0.15) is 5.54 Å². The molecule has 0 radical (unpaired) electrons. The predicted octanol–water partition coefficient (Wildman–Crippen LogP) is -1.40. The molecule has 2 heterocycles. The third-order valence-corrected chi connectivity index (χ3v) is 3.17. The average Bonchev–Trinajstić information content (AvgIpc) is 2.65. The van der Waals surface area contributed by atoms with Gasteiger partial charge in [-0.25, -0.2) is 4.79 Å². The van der Waals surface area contributed by atoms with Crippen molar-refractivity contribution in [2.45, 2.75) is 12.0 Å². The molecular weight excluding hydrogens is 198 g/mol. The number of rotatable bonds is 2. The van der Waals surface area contributed by atoms with Crippen molar-refractivity contribution in [2.24, 2.45) is 0 Å². The van der Waals surface area contributed by atoms with Crippen LogP contribution in [0.5, 0.6) is 0 Å². The lowest BCUT2D eigenvalue weighted by atomic mass is 9.97. The minimum absolute atomic E-state index is 0.119. The van der Waals surface area contributed by atoms with E-state index in [4.69, 9.17) is 5.11 Å². The van der Waals surface area contributed by atoms with Crippen LogP contribution in [0.3, 0.4) is 0 Å². The molecule has 0 saturated carbocycles. The van der Waals surface area contributed by atoms with Crippen molar-refractivity contribution in [2.75, 3.05) is 33.3 Å². The molecule has 1 unspecified atom stereocenters. The molecule has 6 heteroatoms. The van der Waals surface area contributed by atoms with Crippen LogP contribution in [-0.4, -0.2) is 65.7 Å². The van der Waals surface area contributed by atoms with Gasteiger partial charge in [-0.15, -0.1) is 0 Å². The van der Waals surface area contributed by atoms with E-state index in [1.165, 1.54) is 4.90 Å². The van der Waals surface area contributed by atoms with Gasteiger partial charge in [0.05, 0.1) is 6.61 Å². The smallest absolute Gasteiger partial charge is 0.325 e. The third-order valence-electron chi connectivity index (χ3n) is 3.17. The van der Waals surface area contributed by atoms with Gasteiger partial charge in [0.15, 0.2) is 0 Å². The zero-order valence-corrected chi connectivity index (χ0v) is 8.69. The number of likely N-dealkylation sites (N-methyl/N-ethyl adjacent to an activating group) is 1. The molecule has 0 aromatic rings. The summed E-state index contributed by atoms with van der Waals surface area (Å²) in [6, 6.07) is -0.385. The Kier molecular flexibility index (Phi) is 2.40. The zero-order valence-electron chi connectivity index (χ0n) is 8.69. The summed E-state index contributed by atoms with van der Waals surface area (Å²) in [6.07, 6.45) is 0.640. The molecule has 15 heavy (non-hydrogen) atoms. The Bertz CT molecular complexity index is 307. The van der Waals surface area contributed by atoms with Crippen LogP contribution in [0.1, 0.15) is 6.42 Å². The van der Waals surface area contributed by atoms with E-state index in [2.05, 4.69) is 5.32 Å². The molecule has 84 valence electrons. The van der Waals surface area contributed by atoms with Crippen LogP contribution in [0, 0.1) is 0 Å². The Labute approximate surface area is 87.8 Å². The van der Waals surface area contributed by atoms with Crippen LogP contribution >= 0.6 is 0 Å². The highest BCUT2D eigenvalue weighted by Crippen LogP contribution is 2.31. The number of carbonyl (C=O) groups excluding carboxylic acids is 2. The summed E-state index contributed by atoms with van der Waals surface area (Å²) in [7, 11) is 1.92. The predicted molar refractivity (Wildman–Crippen MR) is 52.2 cm³/mol. The van der Waals surface area contributed by atoms with Crippen LogP contribution in [0.15, 0.2) is 0 Å². The monoisotopic (exact) mass is 213 g/mol. The number of nitrogens with one attached hydrogen (secondary N) is 1. The minimum atomic E-state index is -0.742. The van der Waals surface area contributed by atoms with Gasteiger partial charge in [0, 0.05) is 19.6 Å². The molecule has 2 aliphatic rings. The molecule has 2 N–H and O–H groups in total. The van der Waals surface area contributed by atoms with E-state index in [0.717, 1.165) is 6.54 Å². The minimum Gasteiger partial charge on any atom is -0.395 e. The summed E-state index contributed by atoms with van der Waals surface area (Å²) in [5.74, 6) is -0.231. The number of hydrogen-bond donors (Lipinski definition) is 2. The van der Waals surface area contributed by atoms with Crippen LogP contribution in [0.4, 0.5) is 4.79 Å². The lowest BCUT2D eigenvalue weighted by Crippen LogP contribution is -2.52. The van der Waals surface area contributed by atoms with Gasteiger partial charge >= 0.3 is 6.03 Å². The van der Waals surface area contributed by atoms with Gasteiger partial charge in [-0.3, -0.25) is 10.1 Å². The Morgan fingerprint density at radius 2 is 2.27 bits per heavy atom. The quantitative estimate of drug-likeness (QED) is 0.554. The third kappa shape index (κ3) is 1.40. The molecule has 1 atom stereocenters. The lowest BCUT2D eigenvalue weighted by molar-refractivity contribution is -0.126. The van der Waals surface area contributed by atoms with Crippen molar-refractivity contribution < 1.29 is 14.7 Å². The number of hydrogen-bond acceptors (Lipinski definition) is 4. The van der Waals surface area contributed by atoms with Crippen LogP contribution in [0.25, 0.3) is 0 Å². The van der Waals surface area contributed by atoms with Crippen molar-refractivity contribution in [3.8, 4) is 0 Å². The second kappa shape index (κ2) is 3.46.